The molecule has 0 saturated heterocycles. The molecule has 1 aromatic heterocycles. The molecule has 0 aliphatic carbocycles. The summed E-state index contributed by atoms with van der Waals surface area (Å²) >= 11 is 0. The fraction of sp³-hybridized carbons (Fsp3) is 0.500. The minimum absolute atomic E-state index is 0.0548. The molecule has 1 N–H and O–H groups in total. The Balaban J connectivity index is 3.12. The average Bonchev–Trinajstić information content (AvgIpc) is 2.31. The molecular formula is C8H13N3. The molecule has 0 atom stereocenters. The lowest BCUT2D eigenvalue weighted by Crippen LogP contribution is -2.68. The summed E-state index contributed by atoms with van der Waals surface area (Å²) in [7, 11) is 0. The Kier molecular flexibility index (Phi) is 1.81. The van der Waals surface area contributed by atoms with Gasteiger partial charge in [0.25, 0.3) is 0 Å². The molecule has 0 radical (unpaired) electrons. The van der Waals surface area contributed by atoms with Crippen LogP contribution in [0.15, 0.2) is 18.3 Å². The van der Waals surface area contributed by atoms with Crippen molar-refractivity contribution in [2.45, 2.75) is 26.2 Å². The van der Waals surface area contributed by atoms with E-state index in [9.17, 15) is 0 Å². The third kappa shape index (κ3) is 1.48. The van der Waals surface area contributed by atoms with E-state index in [-0.39, 0.29) is 5.41 Å². The van der Waals surface area contributed by atoms with Gasteiger partial charge in [-0.1, -0.05) is 32.9 Å². The van der Waals surface area contributed by atoms with E-state index in [1.54, 1.807) is 10.9 Å². The van der Waals surface area contributed by atoms with Crippen LogP contribution in [0.5, 0.6) is 0 Å². The van der Waals surface area contributed by atoms with Crippen LogP contribution in [0.3, 0.4) is 0 Å². The van der Waals surface area contributed by atoms with Crippen LogP contribution in [0.25, 0.3) is 5.53 Å². The van der Waals surface area contributed by atoms with Crippen molar-refractivity contribution >= 4 is 0 Å². The molecular weight excluding hydrogens is 138 g/mol. The fourth-order valence-corrected chi connectivity index (χ4v) is 1.08. The maximum atomic E-state index is 8.68. The largest absolute Gasteiger partial charge is 0.237 e. The zero-order chi connectivity index (χ0) is 8.48. The van der Waals surface area contributed by atoms with E-state index in [4.69, 9.17) is 5.53 Å². The summed E-state index contributed by atoms with van der Waals surface area (Å²) in [6.07, 6.45) is 1.78. The molecule has 0 saturated carbocycles. The summed E-state index contributed by atoms with van der Waals surface area (Å²) in [6.45, 7) is 6.28. The summed E-state index contributed by atoms with van der Waals surface area (Å²) in [4.78, 5) is 0. The average molecular weight is 151 g/mol. The predicted octanol–water partition coefficient (Wildman–Crippen LogP) is 0.651. The van der Waals surface area contributed by atoms with Crippen molar-refractivity contribution < 1.29 is 5.22 Å². The smallest absolute Gasteiger partial charge is 0.000552 e. The van der Waals surface area contributed by atoms with Gasteiger partial charge in [-0.05, 0) is 11.6 Å². The SMILES string of the molecule is CC(C)(C)c1cccn1[NH+]=[N-]. The van der Waals surface area contributed by atoms with Gasteiger partial charge in [-0.3, -0.25) is 0 Å². The highest BCUT2D eigenvalue weighted by Crippen LogP contribution is 2.20. The minimum atomic E-state index is 0.0548. The Labute approximate surface area is 66.5 Å². The molecule has 60 valence electrons. The van der Waals surface area contributed by atoms with E-state index >= 15 is 0 Å². The number of nitrogens with zero attached hydrogens (tertiary/aromatic N) is 2. The summed E-state index contributed by atoms with van der Waals surface area (Å²) < 4.78 is 1.60. The van der Waals surface area contributed by atoms with Crippen LogP contribution in [0.2, 0.25) is 0 Å². The van der Waals surface area contributed by atoms with Crippen LogP contribution >= 0.6 is 0 Å². The number of nitrogens with one attached hydrogen (secondary N) is 1. The Hall–Kier alpha value is -1.12. The molecule has 1 aromatic rings. The molecule has 0 aromatic carbocycles. The molecule has 1 rings (SSSR count). The first-order valence-corrected chi connectivity index (χ1v) is 3.63. The van der Waals surface area contributed by atoms with Crippen LogP contribution in [0, 0.1) is 0 Å². The molecule has 11 heavy (non-hydrogen) atoms. The van der Waals surface area contributed by atoms with Gasteiger partial charge in [0, 0.05) is 5.69 Å². The van der Waals surface area contributed by atoms with E-state index in [1.807, 2.05) is 12.1 Å². The second-order valence-electron chi connectivity index (χ2n) is 3.61. The third-order valence-electron chi connectivity index (χ3n) is 1.62. The maximum Gasteiger partial charge on any atom is 0.000552 e. The van der Waals surface area contributed by atoms with Gasteiger partial charge >= 0.3 is 0 Å². The predicted molar refractivity (Wildman–Crippen MR) is 42.9 cm³/mol. The lowest BCUT2D eigenvalue weighted by atomic mass is 9.92. The van der Waals surface area contributed by atoms with Gasteiger partial charge in [-0.25, -0.2) is 4.68 Å². The van der Waals surface area contributed by atoms with E-state index in [1.165, 1.54) is 0 Å². The highest BCUT2D eigenvalue weighted by atomic mass is 15.4. The Morgan fingerprint density at radius 2 is 2.09 bits per heavy atom. The van der Waals surface area contributed by atoms with Gasteiger partial charge in [0.1, 0.15) is 0 Å². The number of hydrogen-bond acceptors (Lipinski definition) is 0. The molecule has 0 aliphatic heterocycles. The van der Waals surface area contributed by atoms with Crippen LogP contribution < -0.4 is 5.22 Å². The van der Waals surface area contributed by atoms with E-state index < -0.39 is 0 Å². The second-order valence-corrected chi connectivity index (χ2v) is 3.61. The molecule has 0 bridgehead atoms. The van der Waals surface area contributed by atoms with Crippen LogP contribution in [-0.2, 0) is 5.41 Å². The van der Waals surface area contributed by atoms with Gasteiger partial charge in [-0.15, -0.1) is 0 Å². The Morgan fingerprint density at radius 3 is 2.45 bits per heavy atom. The van der Waals surface area contributed by atoms with Gasteiger partial charge < -0.3 is 0 Å². The van der Waals surface area contributed by atoms with E-state index in [0.29, 0.717) is 0 Å². The molecule has 0 aliphatic rings. The first kappa shape index (κ1) is 7.98. The minimum Gasteiger partial charge on any atom is -0.237 e. The maximum absolute atomic E-state index is 8.68. The zero-order valence-electron chi connectivity index (χ0n) is 7.13. The van der Waals surface area contributed by atoms with Crippen molar-refractivity contribution in [1.29, 1.82) is 0 Å². The topological polar surface area (TPSA) is 41.2 Å². The first-order valence-electron chi connectivity index (χ1n) is 3.63. The molecule has 3 heteroatoms. The van der Waals surface area contributed by atoms with Gasteiger partial charge in [0.05, 0.1) is 0 Å². The summed E-state index contributed by atoms with van der Waals surface area (Å²) in [5, 5.41) is 2.10. The molecule has 3 nitrogen and oxygen atoms in total. The van der Waals surface area contributed by atoms with Crippen molar-refractivity contribution in [3.63, 3.8) is 0 Å². The number of aromatic nitrogens is 1. The summed E-state index contributed by atoms with van der Waals surface area (Å²) in [6, 6.07) is 3.87. The molecule has 0 amide bonds. The summed E-state index contributed by atoms with van der Waals surface area (Å²) in [5.41, 5.74) is 9.79. The molecule has 0 fully saturated rings. The lowest BCUT2D eigenvalue weighted by Gasteiger charge is -2.20. The van der Waals surface area contributed by atoms with Crippen LogP contribution in [0.1, 0.15) is 26.5 Å². The van der Waals surface area contributed by atoms with Crippen molar-refractivity contribution in [2.24, 2.45) is 0 Å². The standard InChI is InChI=1S/C8H13N3/c1-8(2,3)7-5-4-6-11(7)10-9/h4-6,10H,1-3H3. The quantitative estimate of drug-likeness (QED) is 0.573. The van der Waals surface area contributed by atoms with Crippen molar-refractivity contribution in [3.8, 4) is 0 Å². The molecule has 0 unspecified atom stereocenters. The highest BCUT2D eigenvalue weighted by Gasteiger charge is 2.14. The van der Waals surface area contributed by atoms with E-state index in [2.05, 4.69) is 26.0 Å². The van der Waals surface area contributed by atoms with Crippen molar-refractivity contribution in [1.82, 2.24) is 4.68 Å². The summed E-state index contributed by atoms with van der Waals surface area (Å²) in [5.74, 6) is 0. The van der Waals surface area contributed by atoms with Crippen LogP contribution in [0.4, 0.5) is 0 Å². The van der Waals surface area contributed by atoms with Crippen molar-refractivity contribution in [2.75, 3.05) is 0 Å². The van der Waals surface area contributed by atoms with Gasteiger partial charge in [-0.2, -0.15) is 10.8 Å². The second kappa shape index (κ2) is 2.49. The van der Waals surface area contributed by atoms with Crippen LogP contribution in [-0.4, -0.2) is 4.68 Å². The third-order valence-corrected chi connectivity index (χ3v) is 1.62. The van der Waals surface area contributed by atoms with Crippen molar-refractivity contribution in [3.05, 3.63) is 29.6 Å². The first-order chi connectivity index (χ1) is 5.05. The molecule has 0 spiro atoms. The number of hydrogen-bond donors (Lipinski definition) is 1. The van der Waals surface area contributed by atoms with Gasteiger partial charge in [0.2, 0.25) is 0 Å². The lowest BCUT2D eigenvalue weighted by molar-refractivity contribution is -0.548. The fourth-order valence-electron chi connectivity index (χ4n) is 1.08. The monoisotopic (exact) mass is 151 g/mol. The Morgan fingerprint density at radius 1 is 1.45 bits per heavy atom. The van der Waals surface area contributed by atoms with Gasteiger partial charge in [0.15, 0.2) is 0 Å². The number of rotatable bonds is 1. The highest BCUT2D eigenvalue weighted by molar-refractivity contribution is 5.14. The Bertz CT molecular complexity index is 255. The normalized spacial score (nSPS) is 11.5. The molecule has 1 heterocycles. The van der Waals surface area contributed by atoms with E-state index in [0.717, 1.165) is 5.69 Å². The zero-order valence-corrected chi connectivity index (χ0v) is 7.13.